The van der Waals surface area contributed by atoms with Gasteiger partial charge >= 0.3 is 0 Å². The number of anilines is 1. The number of carbonyl (C=O) groups is 1. The Morgan fingerprint density at radius 2 is 1.71 bits per heavy atom. The summed E-state index contributed by atoms with van der Waals surface area (Å²) in [6.07, 6.45) is -0.786. The van der Waals surface area contributed by atoms with Gasteiger partial charge in [-0.15, -0.1) is 0 Å². The molecule has 0 N–H and O–H groups in total. The highest BCUT2D eigenvalue weighted by Crippen LogP contribution is 2.21. The third-order valence-electron chi connectivity index (χ3n) is 3.52. The molecule has 0 aromatic heterocycles. The van der Waals surface area contributed by atoms with Crippen molar-refractivity contribution in [1.82, 2.24) is 0 Å². The van der Waals surface area contributed by atoms with Crippen molar-refractivity contribution in [3.63, 3.8) is 0 Å². The van der Waals surface area contributed by atoms with Gasteiger partial charge in [0.25, 0.3) is 5.91 Å². The molecule has 0 spiro atoms. The summed E-state index contributed by atoms with van der Waals surface area (Å²) in [5, 5.41) is 0. The van der Waals surface area contributed by atoms with Crippen LogP contribution in [0, 0.1) is 11.6 Å². The van der Waals surface area contributed by atoms with Gasteiger partial charge in [-0.05, 0) is 50.2 Å². The van der Waals surface area contributed by atoms with Crippen LogP contribution in [0.2, 0.25) is 0 Å². The predicted molar refractivity (Wildman–Crippen MR) is 87.5 cm³/mol. The molecule has 128 valence electrons. The number of benzene rings is 2. The zero-order valence-electron chi connectivity index (χ0n) is 13.8. The largest absolute Gasteiger partial charge is 0.497 e. The Morgan fingerprint density at radius 1 is 1.08 bits per heavy atom. The van der Waals surface area contributed by atoms with E-state index in [2.05, 4.69) is 0 Å². The SMILES string of the molecule is CCN(C(=O)C(C)Oc1ccc(OC)cc1)c1ccc(F)c(F)c1. The molecular formula is C18H19F2NO3. The Morgan fingerprint density at radius 3 is 2.25 bits per heavy atom. The number of ether oxygens (including phenoxy) is 2. The lowest BCUT2D eigenvalue weighted by molar-refractivity contribution is -0.124. The second-order valence-corrected chi connectivity index (χ2v) is 5.12. The zero-order valence-corrected chi connectivity index (χ0v) is 13.8. The van der Waals surface area contributed by atoms with Crippen LogP contribution < -0.4 is 14.4 Å². The summed E-state index contributed by atoms with van der Waals surface area (Å²) in [7, 11) is 1.56. The van der Waals surface area contributed by atoms with Crippen LogP contribution in [0.4, 0.5) is 14.5 Å². The molecule has 4 nitrogen and oxygen atoms in total. The third-order valence-corrected chi connectivity index (χ3v) is 3.52. The van der Waals surface area contributed by atoms with Crippen LogP contribution in [0.15, 0.2) is 42.5 Å². The van der Waals surface area contributed by atoms with Crippen molar-refractivity contribution >= 4 is 11.6 Å². The van der Waals surface area contributed by atoms with E-state index in [0.29, 0.717) is 18.0 Å². The van der Waals surface area contributed by atoms with Gasteiger partial charge in [0.05, 0.1) is 7.11 Å². The van der Waals surface area contributed by atoms with Crippen molar-refractivity contribution in [2.45, 2.75) is 20.0 Å². The number of amides is 1. The summed E-state index contributed by atoms with van der Waals surface area (Å²) >= 11 is 0. The number of carbonyl (C=O) groups excluding carboxylic acids is 1. The number of hydrogen-bond acceptors (Lipinski definition) is 3. The van der Waals surface area contributed by atoms with Crippen molar-refractivity contribution in [2.24, 2.45) is 0 Å². The number of methoxy groups -OCH3 is 1. The second-order valence-electron chi connectivity index (χ2n) is 5.12. The lowest BCUT2D eigenvalue weighted by Gasteiger charge is -2.25. The summed E-state index contributed by atoms with van der Waals surface area (Å²) in [4.78, 5) is 13.9. The lowest BCUT2D eigenvalue weighted by atomic mass is 10.2. The van der Waals surface area contributed by atoms with Gasteiger partial charge in [0.1, 0.15) is 11.5 Å². The zero-order chi connectivity index (χ0) is 17.7. The summed E-state index contributed by atoms with van der Waals surface area (Å²) in [5.41, 5.74) is 0.284. The van der Waals surface area contributed by atoms with Gasteiger partial charge in [0.2, 0.25) is 0 Å². The van der Waals surface area contributed by atoms with Crippen molar-refractivity contribution in [1.29, 1.82) is 0 Å². The van der Waals surface area contributed by atoms with E-state index >= 15 is 0 Å². The molecule has 1 amide bonds. The maximum absolute atomic E-state index is 13.4. The Labute approximate surface area is 139 Å². The maximum Gasteiger partial charge on any atom is 0.267 e. The van der Waals surface area contributed by atoms with Crippen LogP contribution in [-0.2, 0) is 4.79 Å². The Hall–Kier alpha value is -2.63. The number of hydrogen-bond donors (Lipinski definition) is 0. The van der Waals surface area contributed by atoms with E-state index < -0.39 is 17.7 Å². The molecular weight excluding hydrogens is 316 g/mol. The van der Waals surface area contributed by atoms with E-state index in [4.69, 9.17) is 9.47 Å². The highest BCUT2D eigenvalue weighted by atomic mass is 19.2. The molecule has 2 aromatic rings. The molecule has 6 heteroatoms. The predicted octanol–water partition coefficient (Wildman–Crippen LogP) is 3.79. The third kappa shape index (κ3) is 4.01. The quantitative estimate of drug-likeness (QED) is 0.806. The number of likely N-dealkylation sites (N-methyl/N-ethyl adjacent to an activating group) is 1. The van der Waals surface area contributed by atoms with Crippen molar-refractivity contribution < 1.29 is 23.0 Å². The topological polar surface area (TPSA) is 38.8 Å². The molecule has 0 aliphatic rings. The average Bonchev–Trinajstić information content (AvgIpc) is 2.59. The minimum atomic E-state index is -0.998. The van der Waals surface area contributed by atoms with Crippen molar-refractivity contribution in [3.05, 3.63) is 54.1 Å². The van der Waals surface area contributed by atoms with E-state index in [9.17, 15) is 13.6 Å². The van der Waals surface area contributed by atoms with Crippen LogP contribution in [0.25, 0.3) is 0 Å². The van der Waals surface area contributed by atoms with Gasteiger partial charge in [0, 0.05) is 18.3 Å². The molecule has 0 aliphatic heterocycles. The smallest absolute Gasteiger partial charge is 0.267 e. The molecule has 0 saturated heterocycles. The fourth-order valence-corrected chi connectivity index (χ4v) is 2.25. The molecule has 0 heterocycles. The minimum absolute atomic E-state index is 0.284. The van der Waals surface area contributed by atoms with Gasteiger partial charge in [0.15, 0.2) is 17.7 Å². The van der Waals surface area contributed by atoms with Crippen LogP contribution >= 0.6 is 0 Å². The van der Waals surface area contributed by atoms with Crippen LogP contribution in [0.5, 0.6) is 11.5 Å². The lowest BCUT2D eigenvalue weighted by Crippen LogP contribution is -2.40. The molecule has 0 bridgehead atoms. The highest BCUT2D eigenvalue weighted by Gasteiger charge is 2.23. The Bertz CT molecular complexity index is 704. The summed E-state index contributed by atoms with van der Waals surface area (Å²) in [6, 6.07) is 10.2. The molecule has 0 fully saturated rings. The first-order chi connectivity index (χ1) is 11.5. The number of nitrogens with zero attached hydrogens (tertiary/aromatic N) is 1. The van der Waals surface area contributed by atoms with Crippen LogP contribution in [0.3, 0.4) is 0 Å². The molecule has 2 rings (SSSR count). The Balaban J connectivity index is 2.12. The first-order valence-electron chi connectivity index (χ1n) is 7.53. The van der Waals surface area contributed by atoms with E-state index in [1.54, 1.807) is 45.2 Å². The van der Waals surface area contributed by atoms with Gasteiger partial charge in [-0.25, -0.2) is 8.78 Å². The van der Waals surface area contributed by atoms with Crippen molar-refractivity contribution in [3.8, 4) is 11.5 Å². The van der Waals surface area contributed by atoms with Crippen LogP contribution in [0.1, 0.15) is 13.8 Å². The monoisotopic (exact) mass is 335 g/mol. The van der Waals surface area contributed by atoms with E-state index in [1.807, 2.05) is 0 Å². The minimum Gasteiger partial charge on any atom is -0.497 e. The standard InChI is InChI=1S/C18H19F2NO3/c1-4-21(13-5-10-16(19)17(20)11-13)18(22)12(2)24-15-8-6-14(23-3)7-9-15/h5-12H,4H2,1-3H3. The molecule has 1 unspecified atom stereocenters. The van der Waals surface area contributed by atoms with Gasteiger partial charge in [-0.1, -0.05) is 0 Å². The second kappa shape index (κ2) is 7.77. The van der Waals surface area contributed by atoms with Crippen LogP contribution in [-0.4, -0.2) is 25.7 Å². The van der Waals surface area contributed by atoms with E-state index in [-0.39, 0.29) is 11.6 Å². The fraction of sp³-hybridized carbons (Fsp3) is 0.278. The number of halogens is 2. The summed E-state index contributed by atoms with van der Waals surface area (Å²) in [5.74, 6) is -1.11. The summed E-state index contributed by atoms with van der Waals surface area (Å²) < 4.78 is 37.1. The molecule has 0 saturated carbocycles. The Kier molecular flexibility index (Phi) is 5.73. The average molecular weight is 335 g/mol. The maximum atomic E-state index is 13.4. The molecule has 2 aromatic carbocycles. The molecule has 0 aliphatic carbocycles. The van der Waals surface area contributed by atoms with E-state index in [1.165, 1.54) is 11.0 Å². The van der Waals surface area contributed by atoms with E-state index in [0.717, 1.165) is 12.1 Å². The van der Waals surface area contributed by atoms with Crippen molar-refractivity contribution in [2.75, 3.05) is 18.6 Å². The van der Waals surface area contributed by atoms with Gasteiger partial charge in [-0.2, -0.15) is 0 Å². The molecule has 0 radical (unpaired) electrons. The normalized spacial score (nSPS) is 11.7. The van der Waals surface area contributed by atoms with Gasteiger partial charge < -0.3 is 14.4 Å². The first kappa shape index (κ1) is 17.7. The van der Waals surface area contributed by atoms with Gasteiger partial charge in [-0.3, -0.25) is 4.79 Å². The molecule has 1 atom stereocenters. The number of rotatable bonds is 6. The fourth-order valence-electron chi connectivity index (χ4n) is 2.25. The molecule has 24 heavy (non-hydrogen) atoms. The first-order valence-corrected chi connectivity index (χ1v) is 7.53. The summed E-state index contributed by atoms with van der Waals surface area (Å²) in [6.45, 7) is 3.66. The highest BCUT2D eigenvalue weighted by molar-refractivity contribution is 5.96.